The van der Waals surface area contributed by atoms with E-state index in [2.05, 4.69) is 20.0 Å². The van der Waals surface area contributed by atoms with Gasteiger partial charge in [0.25, 0.3) is 0 Å². The number of ether oxygens (including phenoxy) is 2. The molecule has 0 bridgehead atoms. The van der Waals surface area contributed by atoms with Gasteiger partial charge in [0.05, 0.1) is 18.8 Å². The minimum Gasteiger partial charge on any atom is -0.435 e. The number of halogens is 3. The molecule has 0 aliphatic carbocycles. The van der Waals surface area contributed by atoms with E-state index in [1.54, 1.807) is 30.6 Å². The monoisotopic (exact) mass is 540 g/mol. The van der Waals surface area contributed by atoms with Crippen LogP contribution in [0.15, 0.2) is 34.6 Å². The van der Waals surface area contributed by atoms with E-state index in [1.165, 1.54) is 6.07 Å². The molecular weight excluding hydrogens is 513 g/mol. The highest BCUT2D eigenvalue weighted by atomic mass is 127. The number of alkyl halides is 2. The van der Waals surface area contributed by atoms with Crippen LogP contribution in [0, 0.1) is 0 Å². The minimum absolute atomic E-state index is 0. The molecule has 0 aliphatic rings. The van der Waals surface area contributed by atoms with Crippen LogP contribution in [-0.4, -0.2) is 43.2 Å². The summed E-state index contributed by atoms with van der Waals surface area (Å²) >= 11 is 1.57. The Labute approximate surface area is 191 Å². The summed E-state index contributed by atoms with van der Waals surface area (Å²) in [6, 6.07) is 6.56. The van der Waals surface area contributed by atoms with Crippen molar-refractivity contribution < 1.29 is 18.3 Å². The zero-order valence-corrected chi connectivity index (χ0v) is 20.0. The maximum absolute atomic E-state index is 12.4. The lowest BCUT2D eigenvalue weighted by Crippen LogP contribution is -2.38. The molecule has 2 rings (SSSR count). The number of rotatable bonds is 9. The second-order valence-electron chi connectivity index (χ2n) is 6.11. The molecule has 0 amide bonds. The zero-order chi connectivity index (χ0) is 20.5. The third-order valence-corrected chi connectivity index (χ3v) is 4.96. The van der Waals surface area contributed by atoms with E-state index in [0.717, 1.165) is 16.3 Å². The van der Waals surface area contributed by atoms with E-state index in [4.69, 9.17) is 4.74 Å². The van der Waals surface area contributed by atoms with Gasteiger partial charge in [-0.05, 0) is 31.5 Å². The van der Waals surface area contributed by atoms with Gasteiger partial charge in [0.15, 0.2) is 5.96 Å². The van der Waals surface area contributed by atoms with Crippen molar-refractivity contribution in [1.29, 1.82) is 0 Å². The Balaban J connectivity index is 0.00000420. The van der Waals surface area contributed by atoms with Crippen molar-refractivity contribution in [1.82, 2.24) is 15.2 Å². The lowest BCUT2D eigenvalue weighted by atomic mass is 10.2. The van der Waals surface area contributed by atoms with Gasteiger partial charge in [-0.3, -0.25) is 0 Å². The number of guanidine groups is 1. The Hall–Kier alpha value is -1.53. The first-order chi connectivity index (χ1) is 13.4. The number of nitrogens with one attached hydrogen (secondary N) is 1. The van der Waals surface area contributed by atoms with Crippen molar-refractivity contribution in [2.75, 3.05) is 20.7 Å². The molecular formula is C19H27F2IN4O2S. The first-order valence-corrected chi connectivity index (χ1v) is 9.81. The van der Waals surface area contributed by atoms with E-state index in [9.17, 15) is 8.78 Å². The number of benzene rings is 1. The Bertz CT molecular complexity index is 776. The van der Waals surface area contributed by atoms with E-state index < -0.39 is 6.61 Å². The molecule has 29 heavy (non-hydrogen) atoms. The van der Waals surface area contributed by atoms with Crippen molar-refractivity contribution in [3.8, 4) is 5.75 Å². The van der Waals surface area contributed by atoms with E-state index >= 15 is 0 Å². The second-order valence-corrected chi connectivity index (χ2v) is 7.00. The van der Waals surface area contributed by atoms with Crippen LogP contribution in [0.5, 0.6) is 5.75 Å². The van der Waals surface area contributed by atoms with Gasteiger partial charge in [-0.1, -0.05) is 12.1 Å². The highest BCUT2D eigenvalue weighted by Gasteiger charge is 2.13. The van der Waals surface area contributed by atoms with Crippen molar-refractivity contribution in [2.45, 2.75) is 39.7 Å². The van der Waals surface area contributed by atoms with E-state index in [0.29, 0.717) is 25.6 Å². The summed E-state index contributed by atoms with van der Waals surface area (Å²) in [5, 5.41) is 6.18. The third kappa shape index (κ3) is 8.39. The van der Waals surface area contributed by atoms with Gasteiger partial charge in [-0.2, -0.15) is 8.78 Å². The Morgan fingerprint density at radius 3 is 2.79 bits per heavy atom. The molecule has 0 spiro atoms. The summed E-state index contributed by atoms with van der Waals surface area (Å²) in [4.78, 5) is 11.2. The summed E-state index contributed by atoms with van der Waals surface area (Å²) < 4.78 is 34.5. The summed E-state index contributed by atoms with van der Waals surface area (Å²) in [6.45, 7) is 2.75. The third-order valence-electron chi connectivity index (χ3n) is 3.90. The summed E-state index contributed by atoms with van der Waals surface area (Å²) in [5.74, 6) is 0.834. The number of hydrogen-bond acceptors (Lipinski definition) is 5. The van der Waals surface area contributed by atoms with Crippen molar-refractivity contribution in [3.05, 3.63) is 45.9 Å². The molecule has 1 heterocycles. The quantitative estimate of drug-likeness (QED) is 0.285. The predicted octanol–water partition coefficient (Wildman–Crippen LogP) is 4.67. The molecule has 0 aliphatic heterocycles. The highest BCUT2D eigenvalue weighted by molar-refractivity contribution is 14.0. The van der Waals surface area contributed by atoms with Crippen LogP contribution in [-0.2, 0) is 17.8 Å². The standard InChI is InChI=1S/C19H26F2N4O2S.HI/c1-5-22-19(23-10-14-7-6-8-16(9-14)27-18(20)21)25(3)11-15-12-28-17(24-15)13(2)26-4;/h6-9,12-13,18H,5,10-11H2,1-4H3,(H,22,23);1H. The fraction of sp³-hybridized carbons (Fsp3) is 0.474. The molecule has 162 valence electrons. The number of nitrogens with zero attached hydrogens (tertiary/aromatic N) is 3. The lowest BCUT2D eigenvalue weighted by molar-refractivity contribution is -0.0498. The number of methoxy groups -OCH3 is 1. The van der Waals surface area contributed by atoms with Gasteiger partial charge in [0.1, 0.15) is 16.9 Å². The second kappa shape index (κ2) is 12.9. The van der Waals surface area contributed by atoms with Crippen LogP contribution in [0.3, 0.4) is 0 Å². The molecule has 1 aromatic heterocycles. The average molecular weight is 540 g/mol. The fourth-order valence-electron chi connectivity index (χ4n) is 2.46. The van der Waals surface area contributed by atoms with Crippen molar-refractivity contribution in [2.24, 2.45) is 4.99 Å². The van der Waals surface area contributed by atoms with Crippen LogP contribution in [0.4, 0.5) is 8.78 Å². The van der Waals surface area contributed by atoms with Gasteiger partial charge in [-0.25, -0.2) is 9.98 Å². The molecule has 1 atom stereocenters. The molecule has 10 heteroatoms. The van der Waals surface area contributed by atoms with Gasteiger partial charge in [0, 0.05) is 26.1 Å². The Morgan fingerprint density at radius 1 is 1.38 bits per heavy atom. The molecule has 1 unspecified atom stereocenters. The summed E-state index contributed by atoms with van der Waals surface area (Å²) in [5.41, 5.74) is 1.72. The van der Waals surface area contributed by atoms with Crippen LogP contribution >= 0.6 is 35.3 Å². The molecule has 0 saturated heterocycles. The maximum Gasteiger partial charge on any atom is 0.387 e. The van der Waals surface area contributed by atoms with E-state index in [1.807, 2.05) is 37.2 Å². The van der Waals surface area contributed by atoms with Gasteiger partial charge in [0.2, 0.25) is 0 Å². The van der Waals surface area contributed by atoms with Gasteiger partial charge in [-0.15, -0.1) is 35.3 Å². The topological polar surface area (TPSA) is 59.0 Å². The minimum atomic E-state index is -2.84. The smallest absolute Gasteiger partial charge is 0.387 e. The number of thiazole rings is 1. The molecule has 0 radical (unpaired) electrons. The predicted molar refractivity (Wildman–Crippen MR) is 122 cm³/mol. The van der Waals surface area contributed by atoms with Crippen LogP contribution in [0.25, 0.3) is 0 Å². The molecule has 0 saturated carbocycles. The highest BCUT2D eigenvalue weighted by Crippen LogP contribution is 2.21. The Morgan fingerprint density at radius 2 is 2.14 bits per heavy atom. The molecule has 2 aromatic rings. The molecule has 6 nitrogen and oxygen atoms in total. The number of aliphatic imine (C=N–C) groups is 1. The van der Waals surface area contributed by atoms with Crippen LogP contribution in [0.2, 0.25) is 0 Å². The van der Waals surface area contributed by atoms with Crippen LogP contribution < -0.4 is 10.1 Å². The SMILES string of the molecule is CCNC(=NCc1cccc(OC(F)F)c1)N(C)Cc1csc(C(C)OC)n1.I. The molecule has 1 aromatic carbocycles. The first kappa shape index (κ1) is 25.5. The number of hydrogen-bond donors (Lipinski definition) is 1. The van der Waals surface area contributed by atoms with Crippen LogP contribution in [0.1, 0.15) is 36.2 Å². The first-order valence-electron chi connectivity index (χ1n) is 8.93. The Kier molecular flexibility index (Phi) is 11.4. The zero-order valence-electron chi connectivity index (χ0n) is 16.9. The van der Waals surface area contributed by atoms with Gasteiger partial charge >= 0.3 is 6.61 Å². The average Bonchev–Trinajstić information content (AvgIpc) is 3.12. The maximum atomic E-state index is 12.4. The number of aromatic nitrogens is 1. The summed E-state index contributed by atoms with van der Waals surface area (Å²) in [7, 11) is 3.59. The largest absolute Gasteiger partial charge is 0.435 e. The molecule has 1 N–H and O–H groups in total. The fourth-order valence-corrected chi connectivity index (χ4v) is 3.30. The summed E-state index contributed by atoms with van der Waals surface area (Å²) in [6.07, 6.45) is -0.0336. The molecule has 0 fully saturated rings. The van der Waals surface area contributed by atoms with Crippen molar-refractivity contribution in [3.63, 3.8) is 0 Å². The van der Waals surface area contributed by atoms with Gasteiger partial charge < -0.3 is 19.7 Å². The van der Waals surface area contributed by atoms with Crippen molar-refractivity contribution >= 4 is 41.3 Å². The normalized spacial score (nSPS) is 12.4. The lowest BCUT2D eigenvalue weighted by Gasteiger charge is -2.21. The van der Waals surface area contributed by atoms with E-state index in [-0.39, 0.29) is 35.8 Å².